The lowest BCUT2D eigenvalue weighted by atomic mass is 9.76. The summed E-state index contributed by atoms with van der Waals surface area (Å²) >= 11 is 0. The fourth-order valence-electron chi connectivity index (χ4n) is 5.09. The highest BCUT2D eigenvalue weighted by Crippen LogP contribution is 2.46. The van der Waals surface area contributed by atoms with Gasteiger partial charge in [0, 0.05) is 36.6 Å². The van der Waals surface area contributed by atoms with E-state index in [-0.39, 0.29) is 36.1 Å². The van der Waals surface area contributed by atoms with E-state index in [1.807, 2.05) is 0 Å². The number of rotatable bonds is 6. The van der Waals surface area contributed by atoms with Crippen LogP contribution >= 0.6 is 0 Å². The molecule has 2 fully saturated rings. The first-order chi connectivity index (χ1) is 14.4. The molecule has 158 valence electrons. The van der Waals surface area contributed by atoms with Crippen molar-refractivity contribution < 1.29 is 14.5 Å². The molecule has 2 unspecified atom stereocenters. The van der Waals surface area contributed by atoms with E-state index in [1.54, 1.807) is 12.1 Å². The van der Waals surface area contributed by atoms with Gasteiger partial charge in [0.1, 0.15) is 0 Å². The number of hydrogen-bond donors (Lipinski definition) is 0. The minimum Gasteiger partial charge on any atom is -0.465 e. The number of nitro groups is 1. The zero-order chi connectivity index (χ0) is 21.3. The van der Waals surface area contributed by atoms with E-state index in [9.17, 15) is 14.9 Å². The lowest BCUT2D eigenvalue weighted by Crippen LogP contribution is -2.49. The van der Waals surface area contributed by atoms with Crippen molar-refractivity contribution in [3.8, 4) is 0 Å². The first-order valence-electron chi connectivity index (χ1n) is 10.6. The Morgan fingerprint density at radius 1 is 1.13 bits per heavy atom. The second-order valence-electron chi connectivity index (χ2n) is 8.58. The summed E-state index contributed by atoms with van der Waals surface area (Å²) in [5, 5.41) is 10.8. The third kappa shape index (κ3) is 4.10. The quantitative estimate of drug-likeness (QED) is 0.406. The molecule has 0 aromatic heterocycles. The number of hydrogen-bond acceptors (Lipinski definition) is 5. The van der Waals surface area contributed by atoms with Crippen LogP contribution in [0.2, 0.25) is 0 Å². The maximum Gasteiger partial charge on any atom is 0.311 e. The molecule has 6 nitrogen and oxygen atoms in total. The molecule has 0 aliphatic carbocycles. The lowest BCUT2D eigenvalue weighted by Gasteiger charge is -2.42. The number of esters is 1. The Balaban J connectivity index is 1.44. The largest absolute Gasteiger partial charge is 0.465 e. The fourth-order valence-corrected chi connectivity index (χ4v) is 5.09. The maximum atomic E-state index is 13.2. The van der Waals surface area contributed by atoms with Crippen LogP contribution in [0.4, 0.5) is 5.69 Å². The number of aryl methyl sites for hydroxylation is 1. The van der Waals surface area contributed by atoms with Crippen LogP contribution in [0.25, 0.3) is 0 Å². The van der Waals surface area contributed by atoms with Gasteiger partial charge in [-0.15, -0.1) is 0 Å². The molecule has 0 N–H and O–H groups in total. The summed E-state index contributed by atoms with van der Waals surface area (Å²) in [6.07, 6.45) is 3.70. The first-order valence-corrected chi connectivity index (χ1v) is 10.6. The normalized spacial score (nSPS) is 25.8. The molecule has 0 saturated carbocycles. The van der Waals surface area contributed by atoms with E-state index in [2.05, 4.69) is 43.1 Å². The highest BCUT2D eigenvalue weighted by molar-refractivity contribution is 5.75. The average molecular weight is 408 g/mol. The third-order valence-corrected chi connectivity index (χ3v) is 6.83. The fraction of sp³-hybridized carbons (Fsp3) is 0.458. The molecule has 0 spiro atoms. The van der Waals surface area contributed by atoms with E-state index in [0.29, 0.717) is 12.5 Å². The van der Waals surface area contributed by atoms with Gasteiger partial charge in [0.25, 0.3) is 5.69 Å². The SMILES string of the molecule is Cc1ccc([C@H]2C[C@H]3CCC(C2C(=O)OCCc2ccc([N+](=O)[O-])cc2)N3C)cc1. The number of non-ortho nitro benzene ring substituents is 1. The van der Waals surface area contributed by atoms with Crippen LogP contribution in [0.15, 0.2) is 48.5 Å². The predicted octanol–water partition coefficient (Wildman–Crippen LogP) is 4.26. The van der Waals surface area contributed by atoms with Gasteiger partial charge in [-0.05, 0) is 44.4 Å². The Kier molecular flexibility index (Phi) is 5.86. The summed E-state index contributed by atoms with van der Waals surface area (Å²) in [5.41, 5.74) is 3.43. The first kappa shape index (κ1) is 20.5. The number of fused-ring (bicyclic) bond motifs is 2. The summed E-state index contributed by atoms with van der Waals surface area (Å²) in [4.78, 5) is 25.9. The van der Waals surface area contributed by atoms with Crippen molar-refractivity contribution in [2.45, 2.75) is 50.6 Å². The van der Waals surface area contributed by atoms with Gasteiger partial charge in [-0.3, -0.25) is 19.8 Å². The Bertz CT molecular complexity index is 910. The van der Waals surface area contributed by atoms with Gasteiger partial charge < -0.3 is 4.74 Å². The topological polar surface area (TPSA) is 72.7 Å². The van der Waals surface area contributed by atoms with Gasteiger partial charge >= 0.3 is 5.97 Å². The average Bonchev–Trinajstić information content (AvgIpc) is 2.97. The van der Waals surface area contributed by atoms with Crippen LogP contribution in [-0.2, 0) is 16.0 Å². The van der Waals surface area contributed by atoms with Crippen LogP contribution in [0.1, 0.15) is 41.9 Å². The Morgan fingerprint density at radius 2 is 1.83 bits per heavy atom. The molecule has 2 aliphatic rings. The summed E-state index contributed by atoms with van der Waals surface area (Å²) in [7, 11) is 2.13. The molecule has 2 aromatic rings. The number of benzene rings is 2. The second-order valence-corrected chi connectivity index (χ2v) is 8.58. The highest BCUT2D eigenvalue weighted by atomic mass is 16.6. The number of nitro benzene ring substituents is 1. The molecule has 2 aromatic carbocycles. The van der Waals surface area contributed by atoms with E-state index in [1.165, 1.54) is 23.3 Å². The maximum absolute atomic E-state index is 13.2. The van der Waals surface area contributed by atoms with Crippen LogP contribution in [0, 0.1) is 23.0 Å². The molecule has 0 radical (unpaired) electrons. The van der Waals surface area contributed by atoms with E-state index in [0.717, 1.165) is 24.8 Å². The van der Waals surface area contributed by atoms with Crippen molar-refractivity contribution >= 4 is 11.7 Å². The lowest BCUT2D eigenvalue weighted by molar-refractivity contribution is -0.384. The van der Waals surface area contributed by atoms with Crippen molar-refractivity contribution in [3.63, 3.8) is 0 Å². The summed E-state index contributed by atoms with van der Waals surface area (Å²) in [6.45, 7) is 2.36. The minimum atomic E-state index is -0.413. The van der Waals surface area contributed by atoms with Crippen LogP contribution in [0.3, 0.4) is 0 Å². The number of carbonyl (C=O) groups is 1. The van der Waals surface area contributed by atoms with Gasteiger partial charge in [-0.2, -0.15) is 0 Å². The Labute approximate surface area is 177 Å². The molecule has 4 rings (SSSR count). The molecule has 2 aliphatic heterocycles. The van der Waals surface area contributed by atoms with Crippen molar-refractivity contribution in [1.29, 1.82) is 0 Å². The summed E-state index contributed by atoms with van der Waals surface area (Å²) < 4.78 is 5.74. The van der Waals surface area contributed by atoms with Gasteiger partial charge in [-0.25, -0.2) is 0 Å². The molecule has 30 heavy (non-hydrogen) atoms. The molecular weight excluding hydrogens is 380 g/mol. The second kappa shape index (κ2) is 8.56. The summed E-state index contributed by atoms with van der Waals surface area (Å²) in [6, 6.07) is 15.7. The zero-order valence-corrected chi connectivity index (χ0v) is 17.5. The number of nitrogens with zero attached hydrogens (tertiary/aromatic N) is 2. The molecular formula is C24H28N2O4. The van der Waals surface area contributed by atoms with Crippen LogP contribution in [0.5, 0.6) is 0 Å². The number of ether oxygens (including phenoxy) is 1. The van der Waals surface area contributed by atoms with E-state index < -0.39 is 4.92 Å². The Morgan fingerprint density at radius 3 is 2.50 bits per heavy atom. The van der Waals surface area contributed by atoms with Crippen LogP contribution in [-0.4, -0.2) is 41.5 Å². The monoisotopic (exact) mass is 408 g/mol. The minimum absolute atomic E-state index is 0.0673. The highest BCUT2D eigenvalue weighted by Gasteiger charge is 2.49. The number of piperidine rings is 1. The smallest absolute Gasteiger partial charge is 0.311 e. The van der Waals surface area contributed by atoms with Crippen molar-refractivity contribution in [1.82, 2.24) is 4.90 Å². The van der Waals surface area contributed by atoms with Gasteiger partial charge in [-0.1, -0.05) is 42.0 Å². The van der Waals surface area contributed by atoms with Crippen molar-refractivity contribution in [3.05, 3.63) is 75.3 Å². The van der Waals surface area contributed by atoms with Crippen molar-refractivity contribution in [2.24, 2.45) is 5.92 Å². The van der Waals surface area contributed by atoms with Gasteiger partial charge in [0.05, 0.1) is 17.4 Å². The zero-order valence-electron chi connectivity index (χ0n) is 17.5. The molecule has 6 heteroatoms. The third-order valence-electron chi connectivity index (χ3n) is 6.83. The molecule has 0 amide bonds. The standard InChI is InChI=1S/C24H28N2O4/c1-16-3-7-18(8-4-16)21-15-20-11-12-22(25(20)2)23(21)24(27)30-14-13-17-5-9-19(10-6-17)26(28)29/h3-10,20-23H,11-15H2,1-2H3/t20-,21-,22?,23?/m1/s1. The number of carbonyl (C=O) groups excluding carboxylic acids is 1. The van der Waals surface area contributed by atoms with Gasteiger partial charge in [0.2, 0.25) is 0 Å². The van der Waals surface area contributed by atoms with Crippen LogP contribution < -0.4 is 0 Å². The molecule has 2 saturated heterocycles. The summed E-state index contributed by atoms with van der Waals surface area (Å²) in [5.74, 6) is -0.0980. The molecule has 2 heterocycles. The van der Waals surface area contributed by atoms with E-state index >= 15 is 0 Å². The molecule has 2 bridgehead atoms. The van der Waals surface area contributed by atoms with Crippen molar-refractivity contribution in [2.75, 3.05) is 13.7 Å². The van der Waals surface area contributed by atoms with Gasteiger partial charge in [0.15, 0.2) is 0 Å². The predicted molar refractivity (Wildman–Crippen MR) is 114 cm³/mol. The Hall–Kier alpha value is -2.73. The van der Waals surface area contributed by atoms with E-state index in [4.69, 9.17) is 4.74 Å². The molecule has 4 atom stereocenters.